The molecule has 0 fully saturated rings. The third-order valence-corrected chi connectivity index (χ3v) is 7.19. The topological polar surface area (TPSA) is 88.1 Å². The number of hydrazone groups is 1. The molecule has 10 heteroatoms. The van der Waals surface area contributed by atoms with E-state index in [1.165, 1.54) is 31.5 Å². The molecule has 0 aliphatic carbocycles. The number of rotatable bonds is 8. The number of anilines is 1. The van der Waals surface area contributed by atoms with Crippen LogP contribution in [0.2, 0.25) is 5.02 Å². The minimum atomic E-state index is -4.07. The van der Waals surface area contributed by atoms with Gasteiger partial charge in [0, 0.05) is 10.0 Å². The summed E-state index contributed by atoms with van der Waals surface area (Å²) in [5, 5.41) is 4.14. The maximum Gasteiger partial charge on any atom is 0.264 e. The van der Waals surface area contributed by atoms with Gasteiger partial charge < -0.3 is 4.74 Å². The van der Waals surface area contributed by atoms with Crippen molar-refractivity contribution < 1.29 is 17.9 Å². The van der Waals surface area contributed by atoms with Gasteiger partial charge in [0.05, 0.1) is 28.9 Å². The van der Waals surface area contributed by atoms with Crippen LogP contribution in [0.25, 0.3) is 0 Å². The summed E-state index contributed by atoms with van der Waals surface area (Å²) in [5.41, 5.74) is 4.09. The first-order valence-electron chi connectivity index (χ1n) is 9.72. The van der Waals surface area contributed by atoms with Crippen LogP contribution in [-0.4, -0.2) is 34.2 Å². The zero-order valence-electron chi connectivity index (χ0n) is 17.8. The summed E-state index contributed by atoms with van der Waals surface area (Å²) in [5.74, 6) is -0.0772. The number of nitrogens with one attached hydrogen (secondary N) is 1. The van der Waals surface area contributed by atoms with Crippen molar-refractivity contribution in [2.45, 2.75) is 11.8 Å². The highest BCUT2D eigenvalue weighted by atomic mass is 79.9. The summed E-state index contributed by atoms with van der Waals surface area (Å²) >= 11 is 9.64. The van der Waals surface area contributed by atoms with E-state index >= 15 is 0 Å². The number of hydrogen-bond donors (Lipinski definition) is 1. The molecule has 3 aromatic rings. The van der Waals surface area contributed by atoms with Gasteiger partial charge in [-0.15, -0.1) is 0 Å². The van der Waals surface area contributed by atoms with Crippen molar-refractivity contribution in [3.63, 3.8) is 0 Å². The van der Waals surface area contributed by atoms with Gasteiger partial charge >= 0.3 is 0 Å². The minimum Gasteiger partial charge on any atom is -0.496 e. The van der Waals surface area contributed by atoms with Gasteiger partial charge in [0.25, 0.3) is 15.9 Å². The van der Waals surface area contributed by atoms with Crippen LogP contribution in [0.4, 0.5) is 5.69 Å². The number of methoxy groups -OCH3 is 1. The third-order valence-electron chi connectivity index (χ3n) is 4.60. The fourth-order valence-electron chi connectivity index (χ4n) is 2.94. The molecule has 1 amide bonds. The lowest BCUT2D eigenvalue weighted by Crippen LogP contribution is -2.39. The first-order valence-corrected chi connectivity index (χ1v) is 12.3. The molecule has 0 saturated heterocycles. The van der Waals surface area contributed by atoms with Crippen molar-refractivity contribution in [3.8, 4) is 5.75 Å². The van der Waals surface area contributed by atoms with Crippen LogP contribution in [-0.2, 0) is 14.8 Å². The molecule has 3 rings (SSSR count). The van der Waals surface area contributed by atoms with Crippen molar-refractivity contribution in [1.82, 2.24) is 5.43 Å². The van der Waals surface area contributed by atoms with Crippen molar-refractivity contribution in [3.05, 3.63) is 87.4 Å². The molecular weight excluding hydrogens is 530 g/mol. The molecule has 0 atom stereocenters. The molecule has 0 saturated carbocycles. The van der Waals surface area contributed by atoms with Crippen LogP contribution in [0, 0.1) is 6.92 Å². The van der Waals surface area contributed by atoms with Gasteiger partial charge in [0.15, 0.2) is 0 Å². The quantitative estimate of drug-likeness (QED) is 0.323. The molecule has 3 aromatic carbocycles. The average molecular weight is 551 g/mol. The highest BCUT2D eigenvalue weighted by Crippen LogP contribution is 2.30. The number of ether oxygens (including phenoxy) is 1. The molecule has 0 bridgehead atoms. The van der Waals surface area contributed by atoms with E-state index in [9.17, 15) is 13.2 Å². The SMILES string of the molecule is COc1ccc(Br)cc1/C=N/NC(=O)CN(c1ccccc1Cl)S(=O)(=O)c1ccc(C)cc1. The lowest BCUT2D eigenvalue weighted by Gasteiger charge is -2.24. The van der Waals surface area contributed by atoms with E-state index in [1.807, 2.05) is 13.0 Å². The van der Waals surface area contributed by atoms with Crippen LogP contribution < -0.4 is 14.5 Å². The normalized spacial score (nSPS) is 11.4. The van der Waals surface area contributed by atoms with Gasteiger partial charge in [0.1, 0.15) is 12.3 Å². The minimum absolute atomic E-state index is 0.0446. The molecule has 0 radical (unpaired) electrons. The summed E-state index contributed by atoms with van der Waals surface area (Å²) in [6, 6.07) is 18.1. The number of halogens is 2. The molecule has 0 unspecified atom stereocenters. The third kappa shape index (κ3) is 6.13. The van der Waals surface area contributed by atoms with Crippen LogP contribution in [0.3, 0.4) is 0 Å². The summed E-state index contributed by atoms with van der Waals surface area (Å²) < 4.78 is 33.8. The van der Waals surface area contributed by atoms with Crippen molar-refractivity contribution in [1.29, 1.82) is 0 Å². The molecule has 0 aromatic heterocycles. The standard InChI is InChI=1S/C23H21BrClN3O4S/c1-16-7-10-19(11-8-16)33(30,31)28(21-6-4-3-5-20(21)25)15-23(29)27-26-14-17-13-18(24)9-12-22(17)32-2/h3-14H,15H2,1-2H3,(H,27,29)/b26-14+. The van der Waals surface area contributed by atoms with E-state index in [0.717, 1.165) is 14.3 Å². The summed E-state index contributed by atoms with van der Waals surface area (Å²) in [6.45, 7) is 1.33. The Morgan fingerprint density at radius 1 is 1.15 bits per heavy atom. The van der Waals surface area contributed by atoms with Crippen LogP contribution in [0.5, 0.6) is 5.75 Å². The fourth-order valence-corrected chi connectivity index (χ4v) is 5.04. The van der Waals surface area contributed by atoms with Crippen LogP contribution >= 0.6 is 27.5 Å². The molecule has 0 aliphatic heterocycles. The Labute approximate surface area is 206 Å². The molecule has 172 valence electrons. The van der Waals surface area contributed by atoms with E-state index < -0.39 is 22.5 Å². The Bertz CT molecular complexity index is 1280. The van der Waals surface area contributed by atoms with E-state index in [0.29, 0.717) is 11.3 Å². The van der Waals surface area contributed by atoms with Gasteiger partial charge in [-0.25, -0.2) is 13.8 Å². The summed E-state index contributed by atoms with van der Waals surface area (Å²) in [6.07, 6.45) is 1.41. The van der Waals surface area contributed by atoms with Gasteiger partial charge in [-0.3, -0.25) is 9.10 Å². The Hall–Kier alpha value is -2.88. The van der Waals surface area contributed by atoms with Gasteiger partial charge in [-0.2, -0.15) is 5.10 Å². The van der Waals surface area contributed by atoms with Gasteiger partial charge in [-0.1, -0.05) is 57.4 Å². The van der Waals surface area contributed by atoms with Crippen molar-refractivity contribution in [2.24, 2.45) is 5.10 Å². The Morgan fingerprint density at radius 2 is 1.85 bits per heavy atom. The molecule has 1 N–H and O–H groups in total. The van der Waals surface area contributed by atoms with Crippen LogP contribution in [0.1, 0.15) is 11.1 Å². The average Bonchev–Trinajstić information content (AvgIpc) is 2.78. The van der Waals surface area contributed by atoms with Crippen molar-refractivity contribution >= 4 is 55.4 Å². The molecular formula is C23H21BrClN3O4S. The Kier molecular flexibility index (Phi) is 8.12. The number of amides is 1. The number of para-hydroxylation sites is 1. The number of hydrogen-bond acceptors (Lipinski definition) is 5. The number of carbonyl (C=O) groups is 1. The second-order valence-electron chi connectivity index (χ2n) is 6.96. The highest BCUT2D eigenvalue weighted by molar-refractivity contribution is 9.10. The zero-order valence-corrected chi connectivity index (χ0v) is 21.0. The molecule has 33 heavy (non-hydrogen) atoms. The van der Waals surface area contributed by atoms with E-state index in [1.54, 1.807) is 42.5 Å². The number of benzene rings is 3. The zero-order chi connectivity index (χ0) is 24.0. The number of sulfonamides is 1. The molecule has 0 heterocycles. The van der Waals surface area contributed by atoms with Crippen molar-refractivity contribution in [2.75, 3.05) is 18.0 Å². The first kappa shape index (κ1) is 24.8. The lowest BCUT2D eigenvalue weighted by atomic mass is 10.2. The highest BCUT2D eigenvalue weighted by Gasteiger charge is 2.28. The first-order chi connectivity index (χ1) is 15.7. The predicted octanol–water partition coefficient (Wildman–Crippen LogP) is 4.77. The smallest absolute Gasteiger partial charge is 0.264 e. The predicted molar refractivity (Wildman–Crippen MR) is 134 cm³/mol. The van der Waals surface area contributed by atoms with E-state index in [4.69, 9.17) is 16.3 Å². The molecule has 7 nitrogen and oxygen atoms in total. The second kappa shape index (κ2) is 10.8. The monoisotopic (exact) mass is 549 g/mol. The maximum atomic E-state index is 13.4. The van der Waals surface area contributed by atoms with Gasteiger partial charge in [-0.05, 0) is 49.4 Å². The van der Waals surface area contributed by atoms with Crippen LogP contribution in [0.15, 0.2) is 81.2 Å². The largest absolute Gasteiger partial charge is 0.496 e. The van der Waals surface area contributed by atoms with E-state index in [-0.39, 0.29) is 15.6 Å². The second-order valence-corrected chi connectivity index (χ2v) is 10.1. The summed E-state index contributed by atoms with van der Waals surface area (Å²) in [4.78, 5) is 12.7. The Morgan fingerprint density at radius 3 is 2.52 bits per heavy atom. The summed E-state index contributed by atoms with van der Waals surface area (Å²) in [7, 11) is -2.55. The fraction of sp³-hybridized carbons (Fsp3) is 0.130. The Balaban J connectivity index is 1.86. The lowest BCUT2D eigenvalue weighted by molar-refractivity contribution is -0.119. The number of carbonyl (C=O) groups excluding carboxylic acids is 1. The maximum absolute atomic E-state index is 13.4. The van der Waals surface area contributed by atoms with Gasteiger partial charge in [0.2, 0.25) is 0 Å². The molecule has 0 spiro atoms. The number of nitrogens with zero attached hydrogens (tertiary/aromatic N) is 2. The van der Waals surface area contributed by atoms with E-state index in [2.05, 4.69) is 26.5 Å². The molecule has 0 aliphatic rings. The number of aryl methyl sites for hydroxylation is 1.